The van der Waals surface area contributed by atoms with Crippen molar-refractivity contribution < 1.29 is 14.3 Å². The first-order valence-corrected chi connectivity index (χ1v) is 4.02. The Morgan fingerprint density at radius 3 is 2.50 bits per heavy atom. The van der Waals surface area contributed by atoms with Gasteiger partial charge in [-0.1, -0.05) is 0 Å². The minimum Gasteiger partial charge on any atom is -0.464 e. The van der Waals surface area contributed by atoms with Crippen LogP contribution in [0.3, 0.4) is 0 Å². The molecular formula is C8H13NO3. The predicted octanol–water partition coefficient (Wildman–Crippen LogP) is 0.170. The van der Waals surface area contributed by atoms with Gasteiger partial charge in [0.25, 0.3) is 0 Å². The molecule has 1 unspecified atom stereocenters. The van der Waals surface area contributed by atoms with Crippen LogP contribution in [0.25, 0.3) is 0 Å². The molecule has 4 nitrogen and oxygen atoms in total. The third kappa shape index (κ3) is 1.96. The number of carbonyl (C=O) groups excluding carboxylic acids is 2. The average molecular weight is 171 g/mol. The molecule has 1 saturated heterocycles. The van der Waals surface area contributed by atoms with Crippen molar-refractivity contribution in [2.75, 3.05) is 13.2 Å². The normalized spacial score (nSPS) is 21.5. The van der Waals surface area contributed by atoms with Gasteiger partial charge in [-0.15, -0.1) is 0 Å². The van der Waals surface area contributed by atoms with Crippen molar-refractivity contribution >= 4 is 11.9 Å². The average Bonchev–Trinajstić information content (AvgIpc) is 1.82. The van der Waals surface area contributed by atoms with Gasteiger partial charge in [0, 0.05) is 20.4 Å². The summed E-state index contributed by atoms with van der Waals surface area (Å²) in [6, 6.07) is 0.117. The quantitative estimate of drug-likeness (QED) is 0.556. The number of rotatable bonds is 2. The number of esters is 1. The molecule has 0 spiro atoms. The highest BCUT2D eigenvalue weighted by Crippen LogP contribution is 2.17. The number of nitrogens with zero attached hydrogens (tertiary/aromatic N) is 1. The van der Waals surface area contributed by atoms with Crippen LogP contribution < -0.4 is 0 Å². The molecule has 1 aliphatic heterocycles. The largest absolute Gasteiger partial charge is 0.464 e. The van der Waals surface area contributed by atoms with E-state index in [4.69, 9.17) is 4.74 Å². The number of amides is 1. The van der Waals surface area contributed by atoms with Crippen LogP contribution >= 0.6 is 0 Å². The molecule has 1 heterocycles. The van der Waals surface area contributed by atoms with E-state index in [0.29, 0.717) is 6.61 Å². The number of hydrogen-bond acceptors (Lipinski definition) is 3. The standard InChI is InChI=1S/C8H13NO3/c1-6(10)9-4-3-8(9)5-12-7(2)11/h8H,3-5H2,1-2H3. The van der Waals surface area contributed by atoms with Gasteiger partial charge in [0.15, 0.2) is 0 Å². The summed E-state index contributed by atoms with van der Waals surface area (Å²) in [5.41, 5.74) is 0. The molecule has 12 heavy (non-hydrogen) atoms. The second-order valence-corrected chi connectivity index (χ2v) is 2.96. The summed E-state index contributed by atoms with van der Waals surface area (Å²) in [4.78, 5) is 23.0. The number of hydrogen-bond donors (Lipinski definition) is 0. The molecule has 1 atom stereocenters. The maximum atomic E-state index is 10.9. The van der Waals surface area contributed by atoms with Gasteiger partial charge in [-0.25, -0.2) is 0 Å². The van der Waals surface area contributed by atoms with E-state index in [1.807, 2.05) is 0 Å². The van der Waals surface area contributed by atoms with Crippen LogP contribution in [0.2, 0.25) is 0 Å². The molecule has 1 fully saturated rings. The molecule has 0 saturated carbocycles. The number of likely N-dealkylation sites (tertiary alicyclic amines) is 1. The van der Waals surface area contributed by atoms with E-state index in [-0.39, 0.29) is 17.9 Å². The van der Waals surface area contributed by atoms with Crippen LogP contribution in [0.4, 0.5) is 0 Å². The summed E-state index contributed by atoms with van der Waals surface area (Å²) in [7, 11) is 0. The Bertz CT molecular complexity index is 202. The second-order valence-electron chi connectivity index (χ2n) is 2.96. The minimum absolute atomic E-state index is 0.0541. The van der Waals surface area contributed by atoms with Crippen molar-refractivity contribution in [3.63, 3.8) is 0 Å². The van der Waals surface area contributed by atoms with E-state index in [1.165, 1.54) is 13.8 Å². The van der Waals surface area contributed by atoms with E-state index in [1.54, 1.807) is 4.90 Å². The molecule has 1 rings (SSSR count). The molecule has 0 aromatic carbocycles. The van der Waals surface area contributed by atoms with Crippen LogP contribution in [0.5, 0.6) is 0 Å². The Morgan fingerprint density at radius 2 is 2.17 bits per heavy atom. The fourth-order valence-electron chi connectivity index (χ4n) is 1.24. The molecule has 4 heteroatoms. The van der Waals surface area contributed by atoms with Gasteiger partial charge >= 0.3 is 5.97 Å². The molecule has 0 aromatic heterocycles. The van der Waals surface area contributed by atoms with Crippen molar-refractivity contribution in [1.29, 1.82) is 0 Å². The molecule has 0 aliphatic carbocycles. The summed E-state index contributed by atoms with van der Waals surface area (Å²) in [5, 5.41) is 0. The molecule has 0 N–H and O–H groups in total. The zero-order chi connectivity index (χ0) is 9.14. The van der Waals surface area contributed by atoms with Crippen molar-refractivity contribution in [2.45, 2.75) is 26.3 Å². The summed E-state index contributed by atoms with van der Waals surface area (Å²) in [5.74, 6) is -0.233. The van der Waals surface area contributed by atoms with E-state index >= 15 is 0 Å². The van der Waals surface area contributed by atoms with Crippen LogP contribution in [0.1, 0.15) is 20.3 Å². The van der Waals surface area contributed by atoms with E-state index in [9.17, 15) is 9.59 Å². The maximum absolute atomic E-state index is 10.9. The highest BCUT2D eigenvalue weighted by Gasteiger charge is 2.30. The number of carbonyl (C=O) groups is 2. The lowest BCUT2D eigenvalue weighted by Crippen LogP contribution is -2.52. The highest BCUT2D eigenvalue weighted by atomic mass is 16.5. The molecular weight excluding hydrogens is 158 g/mol. The smallest absolute Gasteiger partial charge is 0.302 e. The molecule has 0 bridgehead atoms. The molecule has 0 radical (unpaired) electrons. The zero-order valence-corrected chi connectivity index (χ0v) is 7.37. The first-order valence-electron chi connectivity index (χ1n) is 4.02. The molecule has 68 valence electrons. The monoisotopic (exact) mass is 171 g/mol. The lowest BCUT2D eigenvalue weighted by atomic mass is 10.0. The SMILES string of the molecule is CC(=O)OCC1CCN1C(C)=O. The molecule has 1 amide bonds. The second kappa shape index (κ2) is 3.56. The van der Waals surface area contributed by atoms with Crippen molar-refractivity contribution in [3.05, 3.63) is 0 Å². The van der Waals surface area contributed by atoms with Gasteiger partial charge in [0.1, 0.15) is 6.61 Å². The fraction of sp³-hybridized carbons (Fsp3) is 0.750. The summed E-state index contributed by atoms with van der Waals surface area (Å²) < 4.78 is 4.79. The predicted molar refractivity (Wildman–Crippen MR) is 42.4 cm³/mol. The Kier molecular flexibility index (Phi) is 2.68. The van der Waals surface area contributed by atoms with Crippen LogP contribution in [-0.4, -0.2) is 36.0 Å². The van der Waals surface area contributed by atoms with E-state index in [0.717, 1.165) is 13.0 Å². The van der Waals surface area contributed by atoms with Gasteiger partial charge in [-0.3, -0.25) is 9.59 Å². The van der Waals surface area contributed by atoms with Crippen molar-refractivity contribution in [1.82, 2.24) is 4.90 Å². The van der Waals surface area contributed by atoms with E-state index in [2.05, 4.69) is 0 Å². The van der Waals surface area contributed by atoms with Crippen LogP contribution in [0, 0.1) is 0 Å². The molecule has 1 aliphatic rings. The highest BCUT2D eigenvalue weighted by molar-refractivity contribution is 5.74. The Hall–Kier alpha value is -1.06. The minimum atomic E-state index is -0.287. The third-order valence-electron chi connectivity index (χ3n) is 2.03. The first-order chi connectivity index (χ1) is 5.61. The summed E-state index contributed by atoms with van der Waals surface area (Å²) in [6.45, 7) is 4.03. The van der Waals surface area contributed by atoms with Crippen LogP contribution in [-0.2, 0) is 14.3 Å². The maximum Gasteiger partial charge on any atom is 0.302 e. The van der Waals surface area contributed by atoms with Crippen molar-refractivity contribution in [2.24, 2.45) is 0 Å². The van der Waals surface area contributed by atoms with Crippen molar-refractivity contribution in [3.8, 4) is 0 Å². The summed E-state index contributed by atoms with van der Waals surface area (Å²) in [6.07, 6.45) is 0.937. The Labute approximate surface area is 71.5 Å². The zero-order valence-electron chi connectivity index (χ0n) is 7.37. The van der Waals surface area contributed by atoms with Gasteiger partial charge in [0.2, 0.25) is 5.91 Å². The topological polar surface area (TPSA) is 46.6 Å². The lowest BCUT2D eigenvalue weighted by molar-refractivity contribution is -0.150. The van der Waals surface area contributed by atoms with Gasteiger partial charge < -0.3 is 9.64 Å². The van der Waals surface area contributed by atoms with Gasteiger partial charge in [-0.2, -0.15) is 0 Å². The van der Waals surface area contributed by atoms with Gasteiger partial charge in [-0.05, 0) is 6.42 Å². The Morgan fingerprint density at radius 1 is 1.50 bits per heavy atom. The van der Waals surface area contributed by atoms with E-state index < -0.39 is 0 Å². The third-order valence-corrected chi connectivity index (χ3v) is 2.03. The first kappa shape index (κ1) is 9.03. The lowest BCUT2D eigenvalue weighted by Gasteiger charge is -2.39. The van der Waals surface area contributed by atoms with Gasteiger partial charge in [0.05, 0.1) is 6.04 Å². The molecule has 0 aromatic rings. The number of ether oxygens (including phenoxy) is 1. The summed E-state index contributed by atoms with van der Waals surface area (Å²) >= 11 is 0. The fourth-order valence-corrected chi connectivity index (χ4v) is 1.24. The van der Waals surface area contributed by atoms with Crippen LogP contribution in [0.15, 0.2) is 0 Å². The Balaban J connectivity index is 2.25.